The van der Waals surface area contributed by atoms with E-state index >= 15 is 0 Å². The van der Waals surface area contributed by atoms with Gasteiger partial charge in [-0.05, 0) is 85.4 Å². The summed E-state index contributed by atoms with van der Waals surface area (Å²) in [4.78, 5) is 77.2. The molecule has 0 aliphatic rings. The zero-order valence-electron chi connectivity index (χ0n) is 34.3. The Kier molecular flexibility index (Phi) is 23.6. The largest absolute Gasteiger partial charge is 0.778 e. The number of nitrogens with one attached hydrogen (secondary N) is 3. The lowest BCUT2D eigenvalue weighted by molar-refractivity contribution is -0.193. The van der Waals surface area contributed by atoms with Crippen molar-refractivity contribution < 1.29 is 85.1 Å². The van der Waals surface area contributed by atoms with Crippen LogP contribution in [0.2, 0.25) is 10.0 Å². The number of aromatic carboxylic acids is 1. The van der Waals surface area contributed by atoms with E-state index in [1.807, 2.05) is 5.32 Å². The van der Waals surface area contributed by atoms with E-state index in [-0.39, 0.29) is 49.8 Å². The molecule has 18 nitrogen and oxygen atoms in total. The van der Waals surface area contributed by atoms with Crippen LogP contribution < -0.4 is 25.7 Å². The van der Waals surface area contributed by atoms with Crippen LogP contribution in [0.15, 0.2) is 78.0 Å². The van der Waals surface area contributed by atoms with Crippen LogP contribution in [0.1, 0.15) is 45.8 Å². The summed E-state index contributed by atoms with van der Waals surface area (Å²) in [5.74, 6) is -6.43. The van der Waals surface area contributed by atoms with E-state index in [9.17, 15) is 55.4 Å². The molecule has 354 valence electrons. The standard InChI is InChI=1S/C17H11Cl2F3O5.C15H12F2N4O3.C3H8NO5P.C3H9S/c1-8(15(23)24)26-16(25)11-7-10(3-4-12(11)18)27-14-5-2-9(6-13(14)19)17(20,21)22;1-8(13-12(14(22)23)3-2-4-18-13)20-21-15(24)19-11-6-9(16)5-10(17)7-11;5-3(6)1-4-2-10(7,8)9;1-4(2)3/h2-8H,1H3,(H,23,24);2-7H,1H3,(H,22,23)(H2,19,21,24);4H,1-2H2,(H,5,6)(H2,7,8,9);1-3H3/q;;;+1/p-1/b;20-8+;;/t8-;;;/m0.../s1. The number of anilines is 1. The van der Waals surface area contributed by atoms with Crippen LogP contribution in [0.4, 0.5) is 32.4 Å². The smallest absolute Gasteiger partial charge is 0.416 e. The second kappa shape index (κ2) is 26.8. The maximum atomic E-state index is 13.0. The van der Waals surface area contributed by atoms with Gasteiger partial charge in [-0.15, -0.1) is 0 Å². The van der Waals surface area contributed by atoms with Gasteiger partial charge in [0.15, 0.2) is 6.10 Å². The lowest BCUT2D eigenvalue weighted by atomic mass is 10.1. The SMILES string of the molecule is C/C(=N\NC(=O)Nc1cc(F)cc(F)c1)c1ncccc1C(=O)O.C[C@H](OC(=O)c1cc(Oc2ccc(C(F)(F)F)cc2Cl)ccc1Cl)C(=O)O.C[S+](C)C.O=C(O)CNCP(=O)([O-])O. The minimum Gasteiger partial charge on any atom is -0.778 e. The highest BCUT2D eigenvalue weighted by Gasteiger charge is 2.31. The number of hydrazone groups is 1. The molecule has 3 aromatic carbocycles. The van der Waals surface area contributed by atoms with E-state index < -0.39 is 79.8 Å². The molecule has 4 aromatic rings. The monoisotopic (exact) mass is 1000 g/mol. The molecule has 0 fully saturated rings. The molecular formula is C38H39Cl2F5N5O13PS. The molecule has 0 saturated heterocycles. The molecule has 2 atom stereocenters. The summed E-state index contributed by atoms with van der Waals surface area (Å²) in [6.07, 6.45) is 1.30. The van der Waals surface area contributed by atoms with Crippen molar-refractivity contribution in [2.75, 3.05) is 36.9 Å². The molecule has 65 heavy (non-hydrogen) atoms. The number of benzene rings is 3. The van der Waals surface area contributed by atoms with E-state index in [0.29, 0.717) is 23.0 Å². The van der Waals surface area contributed by atoms with Crippen molar-refractivity contribution in [2.45, 2.75) is 26.1 Å². The van der Waals surface area contributed by atoms with Crippen LogP contribution in [0.25, 0.3) is 0 Å². The number of hydrogen-bond donors (Lipinski definition) is 7. The molecule has 4 rings (SSSR count). The molecule has 27 heteroatoms. The Morgan fingerprint density at radius 3 is 2.03 bits per heavy atom. The van der Waals surface area contributed by atoms with Crippen molar-refractivity contribution in [1.82, 2.24) is 15.7 Å². The van der Waals surface area contributed by atoms with Crippen molar-refractivity contribution in [1.29, 1.82) is 0 Å². The Morgan fingerprint density at radius 1 is 0.923 bits per heavy atom. The fourth-order valence-corrected chi connectivity index (χ4v) is 4.84. The van der Waals surface area contributed by atoms with E-state index in [1.165, 1.54) is 37.4 Å². The molecule has 1 unspecified atom stereocenters. The topological polar surface area (TPSA) is 286 Å². The predicted molar refractivity (Wildman–Crippen MR) is 228 cm³/mol. The quantitative estimate of drug-likeness (QED) is 0.0183. The first-order valence-corrected chi connectivity index (χ1v) is 22.5. The van der Waals surface area contributed by atoms with Crippen LogP contribution in [-0.4, -0.2) is 98.5 Å². The summed E-state index contributed by atoms with van der Waals surface area (Å²) < 4.78 is 84.1. The Balaban J connectivity index is 0.000000507. The number of hydrogen-bond acceptors (Lipinski definition) is 12. The molecule has 0 aliphatic heterocycles. The number of pyridine rings is 1. The van der Waals surface area contributed by atoms with Crippen LogP contribution in [0, 0.1) is 11.6 Å². The molecule has 0 radical (unpaired) electrons. The minimum absolute atomic E-state index is 0.0246. The number of amides is 2. The van der Waals surface area contributed by atoms with Gasteiger partial charge in [0.2, 0.25) is 0 Å². The number of aliphatic carboxylic acids is 2. The van der Waals surface area contributed by atoms with Gasteiger partial charge in [0.05, 0.1) is 64.0 Å². The van der Waals surface area contributed by atoms with Crippen molar-refractivity contribution >= 4 is 83.0 Å². The first-order chi connectivity index (χ1) is 30.0. The number of carbonyl (C=O) groups excluding carboxylic acids is 2. The number of aromatic nitrogens is 1. The lowest BCUT2D eigenvalue weighted by Gasteiger charge is -2.14. The molecule has 1 aromatic heterocycles. The van der Waals surface area contributed by atoms with Gasteiger partial charge in [-0.3, -0.25) is 15.1 Å². The lowest BCUT2D eigenvalue weighted by Crippen LogP contribution is -2.26. The highest BCUT2D eigenvalue weighted by molar-refractivity contribution is 7.94. The zero-order valence-corrected chi connectivity index (χ0v) is 37.5. The van der Waals surface area contributed by atoms with E-state index in [4.69, 9.17) is 52.9 Å². The summed E-state index contributed by atoms with van der Waals surface area (Å²) in [6.45, 7) is 2.14. The zero-order chi connectivity index (χ0) is 49.8. The number of carboxylic acid groups (broad SMARTS) is 3. The third-order valence-electron chi connectivity index (χ3n) is 6.69. The van der Waals surface area contributed by atoms with E-state index in [1.54, 1.807) is 0 Å². The number of nitrogens with zero attached hydrogens (tertiary/aromatic N) is 2. The first kappa shape index (κ1) is 57.1. The summed E-state index contributed by atoms with van der Waals surface area (Å²) in [6, 6.07) is 10.8. The Labute approximate surface area is 379 Å². The van der Waals surface area contributed by atoms with Crippen LogP contribution in [0.5, 0.6) is 11.5 Å². The second-order valence-corrected chi connectivity index (χ2v) is 17.6. The average molecular weight is 1000 g/mol. The molecule has 7 N–H and O–H groups in total. The fourth-order valence-electron chi connectivity index (χ4n) is 4.03. The van der Waals surface area contributed by atoms with Gasteiger partial charge in [0.1, 0.15) is 36.4 Å². The Bertz CT molecular complexity index is 2370. The number of halogens is 7. The summed E-state index contributed by atoms with van der Waals surface area (Å²) >= 11 is 11.7. The van der Waals surface area contributed by atoms with E-state index in [0.717, 1.165) is 37.3 Å². The number of urea groups is 1. The summed E-state index contributed by atoms with van der Waals surface area (Å²) in [5.41, 5.74) is 1.04. The van der Waals surface area contributed by atoms with Crippen LogP contribution >= 0.6 is 30.8 Å². The molecule has 0 spiro atoms. The summed E-state index contributed by atoms with van der Waals surface area (Å²) in [7, 11) is -3.71. The van der Waals surface area contributed by atoms with E-state index in [2.05, 4.69) is 39.6 Å². The predicted octanol–water partition coefficient (Wildman–Crippen LogP) is 6.70. The Hall–Kier alpha value is -5.88. The van der Waals surface area contributed by atoms with Gasteiger partial charge in [0.25, 0.3) is 0 Å². The third-order valence-corrected chi connectivity index (χ3v) is 7.94. The number of carbonyl (C=O) groups is 5. The van der Waals surface area contributed by atoms with Gasteiger partial charge in [-0.25, -0.2) is 33.4 Å². The molecule has 0 bridgehead atoms. The van der Waals surface area contributed by atoms with Gasteiger partial charge in [0, 0.05) is 18.0 Å². The molecule has 0 aliphatic carbocycles. The number of ether oxygens (including phenoxy) is 2. The highest BCUT2D eigenvalue weighted by atomic mass is 35.5. The maximum absolute atomic E-state index is 13.0. The molecular weight excluding hydrogens is 963 g/mol. The maximum Gasteiger partial charge on any atom is 0.416 e. The van der Waals surface area contributed by atoms with Crippen molar-refractivity contribution in [3.05, 3.63) is 117 Å². The number of rotatable bonds is 13. The minimum atomic E-state index is -4.56. The van der Waals surface area contributed by atoms with Crippen molar-refractivity contribution in [2.24, 2.45) is 5.10 Å². The molecule has 0 saturated carbocycles. The van der Waals surface area contributed by atoms with Gasteiger partial charge < -0.3 is 44.5 Å². The number of esters is 1. The first-order valence-electron chi connectivity index (χ1n) is 17.5. The van der Waals surface area contributed by atoms with Crippen molar-refractivity contribution in [3.63, 3.8) is 0 Å². The number of carboxylic acids is 3. The molecule has 2 amide bonds. The molecule has 1 heterocycles. The van der Waals surface area contributed by atoms with Crippen molar-refractivity contribution in [3.8, 4) is 11.5 Å². The second-order valence-electron chi connectivity index (χ2n) is 12.7. The normalized spacial score (nSPS) is 12.3. The van der Waals surface area contributed by atoms with Gasteiger partial charge in [-0.1, -0.05) is 23.2 Å². The van der Waals surface area contributed by atoms with Gasteiger partial charge >= 0.3 is 36.1 Å². The highest BCUT2D eigenvalue weighted by Crippen LogP contribution is 2.37. The third kappa shape index (κ3) is 23.0. The summed E-state index contributed by atoms with van der Waals surface area (Å²) in [5, 5.41) is 33.4. The average Bonchev–Trinajstić information content (AvgIpc) is 3.17. The Morgan fingerprint density at radius 2 is 1.52 bits per heavy atom. The van der Waals surface area contributed by atoms with Crippen LogP contribution in [-0.2, 0) is 36.0 Å². The van der Waals surface area contributed by atoms with Crippen LogP contribution in [0.3, 0.4) is 0 Å². The van der Waals surface area contributed by atoms with Gasteiger partial charge in [-0.2, -0.15) is 18.3 Å². The fraction of sp³-hybridized carbons (Fsp3) is 0.237. The number of alkyl halides is 3.